The minimum atomic E-state index is -3.94. The number of likely N-dealkylation sites (tertiary alicyclic amines) is 1. The monoisotopic (exact) mass is 539 g/mol. The van der Waals surface area contributed by atoms with Gasteiger partial charge in [-0.05, 0) is 37.5 Å². The second kappa shape index (κ2) is 15.4. The van der Waals surface area contributed by atoms with Crippen LogP contribution in [0.3, 0.4) is 0 Å². The summed E-state index contributed by atoms with van der Waals surface area (Å²) in [6.07, 6.45) is 15.3. The quantitative estimate of drug-likeness (QED) is 0.160. The van der Waals surface area contributed by atoms with Crippen molar-refractivity contribution in [3.63, 3.8) is 0 Å². The van der Waals surface area contributed by atoms with Crippen molar-refractivity contribution in [1.82, 2.24) is 0 Å². The Morgan fingerprint density at radius 3 is 1.89 bits per heavy atom. The molecule has 0 aromatic heterocycles. The van der Waals surface area contributed by atoms with Crippen molar-refractivity contribution >= 4 is 10.1 Å². The topological polar surface area (TPSA) is 67.2 Å². The van der Waals surface area contributed by atoms with Gasteiger partial charge in [-0.1, -0.05) is 111 Å². The van der Waals surface area contributed by atoms with Crippen molar-refractivity contribution in [3.8, 4) is 6.07 Å². The van der Waals surface area contributed by atoms with Gasteiger partial charge in [0.15, 0.2) is 0 Å². The molecule has 0 bridgehead atoms. The van der Waals surface area contributed by atoms with Gasteiger partial charge in [-0.25, -0.2) is 0 Å². The standard InChI is InChI=1S/C32H47N2O3S/c1-3-4-5-6-7-8-9-10-11-12-13-29-18-20-32(21-19-29)38(35,36)37-34(24-22-30(26-33)23-25-34)27-31-16-14-28(2)15-17-31/h14-21,30H,3-13,22-25,27H2,1-2H3/q+1. The van der Waals surface area contributed by atoms with Crippen LogP contribution in [0.15, 0.2) is 53.4 Å². The maximum Gasteiger partial charge on any atom is 0.342 e. The number of hydrogen-bond donors (Lipinski definition) is 0. The van der Waals surface area contributed by atoms with E-state index in [4.69, 9.17) is 4.28 Å². The number of benzene rings is 2. The largest absolute Gasteiger partial charge is 0.342 e. The third-order valence-corrected chi connectivity index (χ3v) is 9.19. The van der Waals surface area contributed by atoms with E-state index in [0.29, 0.717) is 32.5 Å². The van der Waals surface area contributed by atoms with Crippen molar-refractivity contribution in [2.75, 3.05) is 13.1 Å². The third-order valence-electron chi connectivity index (χ3n) is 7.83. The molecule has 1 fully saturated rings. The zero-order chi connectivity index (χ0) is 27.3. The summed E-state index contributed by atoms with van der Waals surface area (Å²) in [5.41, 5.74) is 3.37. The Kier molecular flexibility index (Phi) is 12.3. The molecule has 3 rings (SSSR count). The predicted molar refractivity (Wildman–Crippen MR) is 153 cm³/mol. The van der Waals surface area contributed by atoms with Gasteiger partial charge in [-0.15, -0.1) is 0 Å². The molecule has 0 atom stereocenters. The molecule has 0 saturated carbocycles. The first-order valence-electron chi connectivity index (χ1n) is 14.7. The van der Waals surface area contributed by atoms with Crippen molar-refractivity contribution < 1.29 is 17.3 Å². The molecule has 208 valence electrons. The van der Waals surface area contributed by atoms with Gasteiger partial charge in [-0.3, -0.25) is 0 Å². The molecule has 0 N–H and O–H groups in total. The van der Waals surface area contributed by atoms with Crippen molar-refractivity contribution in [2.24, 2.45) is 5.92 Å². The molecule has 1 aliphatic rings. The molecule has 5 nitrogen and oxygen atoms in total. The van der Waals surface area contributed by atoms with Crippen LogP contribution in [0, 0.1) is 24.2 Å². The van der Waals surface area contributed by atoms with E-state index in [9.17, 15) is 13.7 Å². The van der Waals surface area contributed by atoms with Crippen molar-refractivity contribution in [3.05, 3.63) is 65.2 Å². The fourth-order valence-electron chi connectivity index (χ4n) is 5.34. The number of piperidine rings is 1. The lowest BCUT2D eigenvalue weighted by Crippen LogP contribution is -2.53. The highest BCUT2D eigenvalue weighted by Crippen LogP contribution is 2.30. The predicted octanol–water partition coefficient (Wildman–Crippen LogP) is 8.03. The van der Waals surface area contributed by atoms with E-state index >= 15 is 0 Å². The van der Waals surface area contributed by atoms with Crippen LogP contribution >= 0.6 is 0 Å². The van der Waals surface area contributed by atoms with E-state index in [1.54, 1.807) is 12.1 Å². The van der Waals surface area contributed by atoms with E-state index in [0.717, 1.165) is 24.0 Å². The zero-order valence-electron chi connectivity index (χ0n) is 23.5. The fourth-order valence-corrected chi connectivity index (χ4v) is 6.52. The number of hydrogen-bond acceptors (Lipinski definition) is 4. The second-order valence-electron chi connectivity index (χ2n) is 11.2. The number of nitrogens with zero attached hydrogens (tertiary/aromatic N) is 2. The lowest BCUT2D eigenvalue weighted by molar-refractivity contribution is -1.09. The Bertz CT molecular complexity index is 1100. The first-order chi connectivity index (χ1) is 18.4. The van der Waals surface area contributed by atoms with Gasteiger partial charge in [0, 0.05) is 18.4 Å². The lowest BCUT2D eigenvalue weighted by Gasteiger charge is -2.38. The van der Waals surface area contributed by atoms with Crippen LogP contribution in [-0.4, -0.2) is 26.2 Å². The molecule has 2 aromatic rings. The Labute approximate surface area is 231 Å². The maximum atomic E-state index is 13.4. The number of nitriles is 1. The number of quaternary nitrogens is 1. The van der Waals surface area contributed by atoms with Crippen molar-refractivity contribution in [1.29, 1.82) is 5.26 Å². The van der Waals surface area contributed by atoms with E-state index in [1.807, 2.05) is 43.3 Å². The molecule has 6 heteroatoms. The summed E-state index contributed by atoms with van der Waals surface area (Å²) >= 11 is 0. The van der Waals surface area contributed by atoms with Crippen LogP contribution < -0.4 is 0 Å². The minimum absolute atomic E-state index is 0.00390. The average molecular weight is 540 g/mol. The number of rotatable bonds is 16. The Morgan fingerprint density at radius 1 is 0.816 bits per heavy atom. The van der Waals surface area contributed by atoms with Gasteiger partial charge in [0.2, 0.25) is 0 Å². The molecule has 0 radical (unpaired) electrons. The van der Waals surface area contributed by atoms with Crippen LogP contribution in [0.5, 0.6) is 0 Å². The first-order valence-corrected chi connectivity index (χ1v) is 16.1. The number of aryl methyl sites for hydroxylation is 2. The third kappa shape index (κ3) is 9.84. The van der Waals surface area contributed by atoms with Crippen LogP contribution in [0.1, 0.15) is 101 Å². The van der Waals surface area contributed by atoms with Gasteiger partial charge in [0.05, 0.1) is 16.9 Å². The average Bonchev–Trinajstić information content (AvgIpc) is 2.91. The Hall–Kier alpha value is -2.20. The van der Waals surface area contributed by atoms with E-state index in [-0.39, 0.29) is 15.5 Å². The normalized spacial score (nSPS) is 19.8. The maximum absolute atomic E-state index is 13.4. The Balaban J connectivity index is 1.52. The first kappa shape index (κ1) is 30.3. The van der Waals surface area contributed by atoms with Gasteiger partial charge in [0.25, 0.3) is 0 Å². The highest BCUT2D eigenvalue weighted by Gasteiger charge is 2.41. The van der Waals surface area contributed by atoms with Gasteiger partial charge in [-0.2, -0.15) is 18.3 Å². The number of unbranched alkanes of at least 4 members (excludes halogenated alkanes) is 9. The van der Waals surface area contributed by atoms with Crippen LogP contribution in [0.2, 0.25) is 0 Å². The molecule has 2 aromatic carbocycles. The summed E-state index contributed by atoms with van der Waals surface area (Å²) in [6.45, 7) is 5.76. The molecule has 38 heavy (non-hydrogen) atoms. The summed E-state index contributed by atoms with van der Waals surface area (Å²) < 4.78 is 32.7. The second-order valence-corrected chi connectivity index (χ2v) is 12.7. The fraction of sp³-hybridized carbons (Fsp3) is 0.594. The summed E-state index contributed by atoms with van der Waals surface area (Å²) in [5.74, 6) is -0.0457. The smallest absolute Gasteiger partial charge is 0.198 e. The molecular weight excluding hydrogens is 492 g/mol. The summed E-state index contributed by atoms with van der Waals surface area (Å²) in [5, 5.41) is 9.35. The van der Waals surface area contributed by atoms with E-state index in [2.05, 4.69) is 13.0 Å². The van der Waals surface area contributed by atoms with Crippen LogP contribution in [-0.2, 0) is 27.4 Å². The Morgan fingerprint density at radius 2 is 1.34 bits per heavy atom. The van der Waals surface area contributed by atoms with Crippen LogP contribution in [0.4, 0.5) is 0 Å². The molecule has 1 heterocycles. The highest BCUT2D eigenvalue weighted by molar-refractivity contribution is 7.86. The highest BCUT2D eigenvalue weighted by atomic mass is 32.2. The molecule has 0 spiro atoms. The summed E-state index contributed by atoms with van der Waals surface area (Å²) in [6, 6.07) is 17.7. The summed E-state index contributed by atoms with van der Waals surface area (Å²) in [7, 11) is -3.94. The van der Waals surface area contributed by atoms with Crippen LogP contribution in [0.25, 0.3) is 0 Å². The molecule has 1 aliphatic heterocycles. The molecule has 0 aliphatic carbocycles. The van der Waals surface area contributed by atoms with E-state index < -0.39 is 10.1 Å². The van der Waals surface area contributed by atoms with Gasteiger partial charge >= 0.3 is 10.1 Å². The number of hydroxylamine groups is 3. The molecule has 0 amide bonds. The molecule has 0 unspecified atom stereocenters. The lowest BCUT2D eigenvalue weighted by atomic mass is 9.97. The van der Waals surface area contributed by atoms with E-state index in [1.165, 1.54) is 63.4 Å². The minimum Gasteiger partial charge on any atom is -0.198 e. The SMILES string of the molecule is CCCCCCCCCCCCc1ccc(S(=O)(=O)O[N+]2(Cc3ccc(C)cc3)CCC(C#N)CC2)cc1. The zero-order valence-corrected chi connectivity index (χ0v) is 24.4. The van der Waals surface area contributed by atoms with Gasteiger partial charge in [0.1, 0.15) is 19.6 Å². The van der Waals surface area contributed by atoms with Gasteiger partial charge < -0.3 is 0 Å². The molecular formula is C32H47N2O3S+. The molecule has 1 saturated heterocycles. The van der Waals surface area contributed by atoms with Crippen molar-refractivity contribution in [2.45, 2.75) is 109 Å². The summed E-state index contributed by atoms with van der Waals surface area (Å²) in [4.78, 5) is 0.202.